The normalized spacial score (nSPS) is 13.7. The number of ketones is 1. The quantitative estimate of drug-likeness (QED) is 0.0967. The highest BCUT2D eigenvalue weighted by atomic mass is 16.5. The van der Waals surface area contributed by atoms with E-state index in [1.807, 2.05) is 60.7 Å². The Kier molecular flexibility index (Phi) is 9.46. The molecule has 0 fully saturated rings. The van der Waals surface area contributed by atoms with Crippen LogP contribution in [0.25, 0.3) is 0 Å². The molecule has 0 radical (unpaired) electrons. The first-order valence-corrected chi connectivity index (χ1v) is 17.0. The number of carbonyl (C=O) groups is 1. The fraction of sp³-hybridized carbons (Fsp3) is 0.159. The number of Topliss-reactive ketones (excluding diaryl/α,β-unsaturated/α-hetero) is 1. The number of hydrogen-bond acceptors (Lipinski definition) is 8. The second kappa shape index (κ2) is 14.4. The summed E-state index contributed by atoms with van der Waals surface area (Å²) in [6, 6.07) is 33.9. The summed E-state index contributed by atoms with van der Waals surface area (Å²) in [5, 5.41) is 54.8. The van der Waals surface area contributed by atoms with E-state index in [-0.39, 0.29) is 76.4 Å². The molecule has 0 saturated heterocycles. The van der Waals surface area contributed by atoms with Crippen molar-refractivity contribution in [3.05, 3.63) is 171 Å². The highest BCUT2D eigenvalue weighted by Gasteiger charge is 2.36. The maximum Gasteiger partial charge on any atom is 0.174 e. The predicted octanol–water partition coefficient (Wildman–Crippen LogP) is 8.29. The Morgan fingerprint density at radius 1 is 0.596 bits per heavy atom. The number of benzene rings is 6. The first-order valence-electron chi connectivity index (χ1n) is 17.0. The van der Waals surface area contributed by atoms with Crippen molar-refractivity contribution in [2.45, 2.75) is 38.2 Å². The van der Waals surface area contributed by atoms with Crippen LogP contribution in [0.5, 0.6) is 40.2 Å². The molecule has 1 atom stereocenters. The molecule has 0 aliphatic carbocycles. The standard InChI is InChI=1S/C44H38O8/c1-51-43-33(23-31-21-26(15-17-37(31)47)19-29-11-5-7-13-35(29)45)42(50)41-39(49)25-40(28-9-3-2-4-10-28)52-44(41)34(43)24-32-22-27(16-18-38(32)48)20-30-12-6-8-14-36(30)46/h2-18,21-22,40,45-48,50H,19-20,23-25H2,1H3/t40-/m0/s1. The van der Waals surface area contributed by atoms with Crippen LogP contribution in [0.15, 0.2) is 115 Å². The molecule has 52 heavy (non-hydrogen) atoms. The molecule has 7 rings (SSSR count). The molecule has 0 spiro atoms. The van der Waals surface area contributed by atoms with Crippen molar-refractivity contribution in [3.8, 4) is 40.2 Å². The van der Waals surface area contributed by atoms with Crippen molar-refractivity contribution in [1.82, 2.24) is 0 Å². The first-order chi connectivity index (χ1) is 25.2. The number of ether oxygens (including phenoxy) is 2. The van der Waals surface area contributed by atoms with E-state index in [0.29, 0.717) is 29.5 Å². The van der Waals surface area contributed by atoms with Gasteiger partial charge in [0.2, 0.25) is 0 Å². The van der Waals surface area contributed by atoms with Crippen LogP contribution in [0.4, 0.5) is 0 Å². The van der Waals surface area contributed by atoms with E-state index in [2.05, 4.69) is 0 Å². The van der Waals surface area contributed by atoms with Crippen molar-refractivity contribution < 1.29 is 39.8 Å². The second-order valence-electron chi connectivity index (χ2n) is 13.1. The Balaban J connectivity index is 1.34. The van der Waals surface area contributed by atoms with Crippen LogP contribution in [-0.2, 0) is 25.7 Å². The topological polar surface area (TPSA) is 137 Å². The van der Waals surface area contributed by atoms with Gasteiger partial charge in [0.25, 0.3) is 0 Å². The summed E-state index contributed by atoms with van der Waals surface area (Å²) in [4.78, 5) is 14.0. The van der Waals surface area contributed by atoms with Crippen molar-refractivity contribution in [2.24, 2.45) is 0 Å². The molecule has 262 valence electrons. The van der Waals surface area contributed by atoms with E-state index in [9.17, 15) is 30.3 Å². The lowest BCUT2D eigenvalue weighted by Gasteiger charge is -2.30. The molecule has 0 aromatic heterocycles. The van der Waals surface area contributed by atoms with Gasteiger partial charge in [-0.3, -0.25) is 4.79 Å². The Bertz CT molecular complexity index is 2280. The van der Waals surface area contributed by atoms with Gasteiger partial charge in [0.1, 0.15) is 51.9 Å². The third-order valence-electron chi connectivity index (χ3n) is 9.65. The predicted molar refractivity (Wildman–Crippen MR) is 197 cm³/mol. The van der Waals surface area contributed by atoms with Crippen LogP contribution in [0, 0.1) is 0 Å². The smallest absolute Gasteiger partial charge is 0.174 e. The summed E-state index contributed by atoms with van der Waals surface area (Å²) in [7, 11) is 1.47. The molecular weight excluding hydrogens is 656 g/mol. The molecule has 8 nitrogen and oxygen atoms in total. The van der Waals surface area contributed by atoms with E-state index in [1.165, 1.54) is 7.11 Å². The number of hydrogen-bond donors (Lipinski definition) is 5. The Morgan fingerprint density at radius 3 is 1.63 bits per heavy atom. The van der Waals surface area contributed by atoms with Gasteiger partial charge in [-0.05, 0) is 63.2 Å². The van der Waals surface area contributed by atoms with Crippen molar-refractivity contribution in [3.63, 3.8) is 0 Å². The first kappa shape index (κ1) is 34.1. The minimum Gasteiger partial charge on any atom is -0.508 e. The molecule has 6 aromatic rings. The molecule has 8 heteroatoms. The van der Waals surface area contributed by atoms with E-state index < -0.39 is 6.10 Å². The lowest BCUT2D eigenvalue weighted by Crippen LogP contribution is -2.23. The van der Waals surface area contributed by atoms with E-state index in [0.717, 1.165) is 27.8 Å². The van der Waals surface area contributed by atoms with Crippen LogP contribution in [0.1, 0.15) is 73.0 Å². The lowest BCUT2D eigenvalue weighted by molar-refractivity contribution is 0.0841. The van der Waals surface area contributed by atoms with Crippen molar-refractivity contribution in [2.75, 3.05) is 7.11 Å². The number of fused-ring (bicyclic) bond motifs is 1. The van der Waals surface area contributed by atoms with Gasteiger partial charge in [0, 0.05) is 36.8 Å². The summed E-state index contributed by atoms with van der Waals surface area (Å²) in [5.41, 5.74) is 5.67. The monoisotopic (exact) mass is 694 g/mol. The summed E-state index contributed by atoms with van der Waals surface area (Å²) in [6.07, 6.45) is 0.279. The minimum atomic E-state index is -0.619. The number of rotatable bonds is 10. The van der Waals surface area contributed by atoms with Crippen molar-refractivity contribution >= 4 is 5.78 Å². The van der Waals surface area contributed by atoms with Crippen LogP contribution in [0.3, 0.4) is 0 Å². The average Bonchev–Trinajstić information content (AvgIpc) is 3.14. The SMILES string of the molecule is COc1c(Cc2cc(Cc3ccccc3O)ccc2O)c(O)c2c(c1Cc1cc(Cc3ccccc3O)ccc1O)O[C@H](c1ccccc1)CC2=O. The van der Waals surface area contributed by atoms with Gasteiger partial charge < -0.3 is 35.0 Å². The van der Waals surface area contributed by atoms with Crippen LogP contribution in [0.2, 0.25) is 0 Å². The Morgan fingerprint density at radius 2 is 1.10 bits per heavy atom. The molecule has 0 unspecified atom stereocenters. The zero-order valence-electron chi connectivity index (χ0n) is 28.5. The van der Waals surface area contributed by atoms with Gasteiger partial charge in [0.15, 0.2) is 5.78 Å². The average molecular weight is 695 g/mol. The third-order valence-corrected chi connectivity index (χ3v) is 9.65. The third kappa shape index (κ3) is 6.83. The number of phenols is 5. The molecule has 1 heterocycles. The molecule has 1 aliphatic rings. The Hall–Kier alpha value is -6.41. The zero-order valence-corrected chi connectivity index (χ0v) is 28.5. The largest absolute Gasteiger partial charge is 0.508 e. The van der Waals surface area contributed by atoms with Gasteiger partial charge in [-0.1, -0.05) is 91.0 Å². The number of methoxy groups -OCH3 is 1. The molecular formula is C44H38O8. The van der Waals surface area contributed by atoms with E-state index >= 15 is 0 Å². The molecule has 0 saturated carbocycles. The second-order valence-corrected chi connectivity index (χ2v) is 13.1. The maximum atomic E-state index is 14.0. The zero-order chi connectivity index (χ0) is 36.4. The van der Waals surface area contributed by atoms with Crippen molar-refractivity contribution in [1.29, 1.82) is 0 Å². The number of para-hydroxylation sites is 2. The van der Waals surface area contributed by atoms with E-state index in [1.54, 1.807) is 54.6 Å². The van der Waals surface area contributed by atoms with Gasteiger partial charge >= 0.3 is 0 Å². The molecule has 0 amide bonds. The summed E-state index contributed by atoms with van der Waals surface area (Å²) in [6.45, 7) is 0. The fourth-order valence-electron chi connectivity index (χ4n) is 6.99. The molecule has 1 aliphatic heterocycles. The molecule has 5 N–H and O–H groups in total. The van der Waals surface area contributed by atoms with Gasteiger partial charge in [-0.2, -0.15) is 0 Å². The van der Waals surface area contributed by atoms with Gasteiger partial charge in [-0.15, -0.1) is 0 Å². The summed E-state index contributed by atoms with van der Waals surface area (Å²) in [5.74, 6) is 0.160. The summed E-state index contributed by atoms with van der Waals surface area (Å²) >= 11 is 0. The van der Waals surface area contributed by atoms with Crippen LogP contribution < -0.4 is 9.47 Å². The highest BCUT2D eigenvalue weighted by Crippen LogP contribution is 2.50. The minimum absolute atomic E-state index is 0.00160. The van der Waals surface area contributed by atoms with Crippen LogP contribution >= 0.6 is 0 Å². The van der Waals surface area contributed by atoms with Crippen LogP contribution in [-0.4, -0.2) is 38.4 Å². The number of aromatic hydroxyl groups is 5. The maximum absolute atomic E-state index is 14.0. The Labute approximate surface area is 301 Å². The molecule has 0 bridgehead atoms. The fourth-order valence-corrected chi connectivity index (χ4v) is 6.99. The van der Waals surface area contributed by atoms with E-state index in [4.69, 9.17) is 9.47 Å². The van der Waals surface area contributed by atoms with Gasteiger partial charge in [-0.25, -0.2) is 0 Å². The summed E-state index contributed by atoms with van der Waals surface area (Å²) < 4.78 is 12.6. The molecule has 6 aromatic carbocycles. The van der Waals surface area contributed by atoms with Gasteiger partial charge in [0.05, 0.1) is 13.5 Å². The lowest BCUT2D eigenvalue weighted by atomic mass is 9.86. The highest BCUT2D eigenvalue weighted by molar-refractivity contribution is 6.04. The number of carbonyl (C=O) groups excluding carboxylic acids is 1. The number of phenolic OH excluding ortho intramolecular Hbond substituents is 5.